The average molecular weight is 466 g/mol. The topological polar surface area (TPSA) is 80.2 Å². The lowest BCUT2D eigenvalue weighted by Crippen LogP contribution is -2.36. The van der Waals surface area contributed by atoms with Crippen LogP contribution in [0.5, 0.6) is 0 Å². The number of nitrogens with one attached hydrogen (secondary N) is 1. The number of nitrogens with zero attached hydrogens (tertiary/aromatic N) is 4. The zero-order chi connectivity index (χ0) is 21.9. The summed E-state index contributed by atoms with van der Waals surface area (Å²) >= 11 is 2.93. The Hall–Kier alpha value is -2.59. The molecule has 0 unspecified atom stereocenters. The summed E-state index contributed by atoms with van der Waals surface area (Å²) in [6.07, 6.45) is 0. The second kappa shape index (κ2) is 9.50. The molecular formula is C23H23N5O2S2. The van der Waals surface area contributed by atoms with Gasteiger partial charge in [0.2, 0.25) is 5.91 Å². The number of morpholine rings is 1. The maximum atomic E-state index is 12.6. The summed E-state index contributed by atoms with van der Waals surface area (Å²) in [7, 11) is 0. The Bertz CT molecular complexity index is 1270. The van der Waals surface area contributed by atoms with Crippen LogP contribution in [-0.4, -0.2) is 57.8 Å². The van der Waals surface area contributed by atoms with Crippen molar-refractivity contribution in [2.24, 2.45) is 0 Å². The Morgan fingerprint density at radius 1 is 1.12 bits per heavy atom. The van der Waals surface area contributed by atoms with Crippen LogP contribution in [0.1, 0.15) is 11.4 Å². The largest absolute Gasteiger partial charge is 0.379 e. The third-order valence-corrected chi connectivity index (χ3v) is 7.14. The first kappa shape index (κ1) is 21.3. The molecule has 32 heavy (non-hydrogen) atoms. The summed E-state index contributed by atoms with van der Waals surface area (Å²) in [6, 6.07) is 14.0. The number of hydrogen-bond donors (Lipinski definition) is 1. The molecule has 2 aromatic carbocycles. The molecule has 1 amide bonds. The fourth-order valence-electron chi connectivity index (χ4n) is 3.61. The molecule has 1 aliphatic heterocycles. The smallest absolute Gasteiger partial charge is 0.236 e. The van der Waals surface area contributed by atoms with Crippen molar-refractivity contribution in [1.29, 1.82) is 0 Å². The lowest BCUT2D eigenvalue weighted by molar-refractivity contribution is -0.113. The number of fused-ring (bicyclic) bond motifs is 2. The summed E-state index contributed by atoms with van der Waals surface area (Å²) in [5.41, 5.74) is 2.98. The Balaban J connectivity index is 1.30. The molecule has 0 spiro atoms. The zero-order valence-electron chi connectivity index (χ0n) is 17.7. The van der Waals surface area contributed by atoms with Gasteiger partial charge in [-0.2, -0.15) is 0 Å². The Morgan fingerprint density at radius 3 is 2.84 bits per heavy atom. The maximum Gasteiger partial charge on any atom is 0.236 e. The van der Waals surface area contributed by atoms with Gasteiger partial charge in [0, 0.05) is 18.5 Å². The van der Waals surface area contributed by atoms with Gasteiger partial charge in [-0.1, -0.05) is 47.4 Å². The molecule has 0 saturated carbocycles. The number of hydrogen-bond acceptors (Lipinski definition) is 8. The van der Waals surface area contributed by atoms with Crippen LogP contribution in [0.2, 0.25) is 0 Å². The third kappa shape index (κ3) is 4.91. The predicted molar refractivity (Wildman–Crippen MR) is 129 cm³/mol. The van der Waals surface area contributed by atoms with E-state index in [1.165, 1.54) is 28.7 Å². The molecule has 0 bridgehead atoms. The van der Waals surface area contributed by atoms with Crippen LogP contribution >= 0.6 is 23.1 Å². The van der Waals surface area contributed by atoms with Gasteiger partial charge in [-0.15, -0.1) is 0 Å². The van der Waals surface area contributed by atoms with Crippen molar-refractivity contribution >= 4 is 55.3 Å². The number of aryl methyl sites for hydroxylation is 1. The molecule has 7 nitrogen and oxygen atoms in total. The van der Waals surface area contributed by atoms with Crippen molar-refractivity contribution in [3.63, 3.8) is 0 Å². The molecule has 1 N–H and O–H groups in total. The van der Waals surface area contributed by atoms with Gasteiger partial charge in [0.15, 0.2) is 5.13 Å². The van der Waals surface area contributed by atoms with E-state index in [4.69, 9.17) is 14.7 Å². The minimum atomic E-state index is -0.0943. The zero-order valence-corrected chi connectivity index (χ0v) is 19.3. The van der Waals surface area contributed by atoms with E-state index in [1.807, 2.05) is 43.3 Å². The van der Waals surface area contributed by atoms with Crippen LogP contribution in [0.25, 0.3) is 21.1 Å². The van der Waals surface area contributed by atoms with Crippen molar-refractivity contribution in [3.05, 3.63) is 53.9 Å². The average Bonchev–Trinajstić information content (AvgIpc) is 3.19. The van der Waals surface area contributed by atoms with Gasteiger partial charge >= 0.3 is 0 Å². The van der Waals surface area contributed by atoms with Gasteiger partial charge in [0.05, 0.1) is 41.2 Å². The van der Waals surface area contributed by atoms with Crippen molar-refractivity contribution in [2.75, 3.05) is 37.4 Å². The van der Waals surface area contributed by atoms with Crippen LogP contribution in [-0.2, 0) is 16.1 Å². The summed E-state index contributed by atoms with van der Waals surface area (Å²) in [5.74, 6) is 0.936. The minimum absolute atomic E-state index is 0.0943. The maximum absolute atomic E-state index is 12.6. The molecule has 1 aliphatic rings. The van der Waals surface area contributed by atoms with Gasteiger partial charge in [-0.25, -0.2) is 15.0 Å². The van der Waals surface area contributed by atoms with E-state index < -0.39 is 0 Å². The molecule has 2 aromatic heterocycles. The van der Waals surface area contributed by atoms with Gasteiger partial charge in [0.1, 0.15) is 10.9 Å². The van der Waals surface area contributed by atoms with E-state index in [0.29, 0.717) is 11.7 Å². The highest BCUT2D eigenvalue weighted by Crippen LogP contribution is 2.28. The number of carbonyl (C=O) groups excluding carboxylic acids is 1. The number of para-hydroxylation sites is 1. The van der Waals surface area contributed by atoms with Crippen LogP contribution in [0.4, 0.5) is 5.13 Å². The summed E-state index contributed by atoms with van der Waals surface area (Å²) in [6.45, 7) is 5.96. The SMILES string of the molecule is Cc1ccc2nc(NC(=O)CSc3nc(CN4CCOCC4)nc4ccccc34)sc2c1. The highest BCUT2D eigenvalue weighted by molar-refractivity contribution is 8.00. The fraction of sp³-hybridized carbons (Fsp3) is 0.304. The normalized spacial score (nSPS) is 14.8. The number of aromatic nitrogens is 3. The molecule has 164 valence electrons. The molecule has 0 radical (unpaired) electrons. The highest BCUT2D eigenvalue weighted by atomic mass is 32.2. The number of benzene rings is 2. The van der Waals surface area contributed by atoms with Gasteiger partial charge < -0.3 is 10.1 Å². The second-order valence-corrected chi connectivity index (χ2v) is 9.67. The monoisotopic (exact) mass is 465 g/mol. The fourth-order valence-corrected chi connectivity index (χ4v) is 5.43. The van der Waals surface area contributed by atoms with Crippen LogP contribution in [0, 0.1) is 6.92 Å². The van der Waals surface area contributed by atoms with E-state index in [2.05, 4.69) is 21.3 Å². The number of rotatable bonds is 6. The second-order valence-electron chi connectivity index (χ2n) is 7.68. The summed E-state index contributed by atoms with van der Waals surface area (Å²) in [4.78, 5) is 29.0. The molecule has 0 atom stereocenters. The first-order valence-corrected chi connectivity index (χ1v) is 12.3. The molecular weight excluding hydrogens is 442 g/mol. The van der Waals surface area contributed by atoms with Crippen LogP contribution in [0.15, 0.2) is 47.5 Å². The molecule has 9 heteroatoms. The molecule has 1 fully saturated rings. The van der Waals surface area contributed by atoms with Gasteiger partial charge in [-0.3, -0.25) is 9.69 Å². The molecule has 1 saturated heterocycles. The molecule has 4 aromatic rings. The van der Waals surface area contributed by atoms with Crippen molar-refractivity contribution in [2.45, 2.75) is 18.5 Å². The number of thioether (sulfide) groups is 1. The quantitative estimate of drug-likeness (QED) is 0.339. The van der Waals surface area contributed by atoms with Gasteiger partial charge in [0.25, 0.3) is 0 Å². The number of amides is 1. The Labute approximate surface area is 194 Å². The Morgan fingerprint density at radius 2 is 1.97 bits per heavy atom. The number of ether oxygens (including phenoxy) is 1. The lowest BCUT2D eigenvalue weighted by Gasteiger charge is -2.25. The van der Waals surface area contributed by atoms with E-state index >= 15 is 0 Å². The predicted octanol–water partition coefficient (Wildman–Crippen LogP) is 4.11. The highest BCUT2D eigenvalue weighted by Gasteiger charge is 2.16. The first-order valence-electron chi connectivity index (χ1n) is 10.5. The Kier molecular flexibility index (Phi) is 6.31. The number of carbonyl (C=O) groups is 1. The van der Waals surface area contributed by atoms with Gasteiger partial charge in [-0.05, 0) is 30.7 Å². The molecule has 3 heterocycles. The number of anilines is 1. The first-order chi connectivity index (χ1) is 15.6. The van der Waals surface area contributed by atoms with Crippen molar-refractivity contribution in [1.82, 2.24) is 19.9 Å². The van der Waals surface area contributed by atoms with E-state index in [9.17, 15) is 4.79 Å². The lowest BCUT2D eigenvalue weighted by atomic mass is 10.2. The van der Waals surface area contributed by atoms with Crippen molar-refractivity contribution in [3.8, 4) is 0 Å². The van der Waals surface area contributed by atoms with Crippen LogP contribution < -0.4 is 5.32 Å². The summed E-state index contributed by atoms with van der Waals surface area (Å²) in [5, 5.41) is 5.35. The van der Waals surface area contributed by atoms with E-state index in [1.54, 1.807) is 0 Å². The molecule has 0 aliphatic carbocycles. The van der Waals surface area contributed by atoms with Crippen molar-refractivity contribution < 1.29 is 9.53 Å². The van der Waals surface area contributed by atoms with E-state index in [-0.39, 0.29) is 11.7 Å². The molecule has 5 rings (SSSR count). The van der Waals surface area contributed by atoms with E-state index in [0.717, 1.165) is 58.3 Å². The minimum Gasteiger partial charge on any atom is -0.379 e. The standard InChI is InChI=1S/C23H23N5O2S2/c1-15-6-7-18-19(12-15)32-23(25-18)27-21(29)14-31-22-16-4-2-3-5-17(16)24-20(26-22)13-28-8-10-30-11-9-28/h2-7,12H,8-11,13-14H2,1H3,(H,25,27,29). The summed E-state index contributed by atoms with van der Waals surface area (Å²) < 4.78 is 6.51. The third-order valence-electron chi connectivity index (χ3n) is 5.21. The number of thiazole rings is 1. The van der Waals surface area contributed by atoms with Crippen LogP contribution in [0.3, 0.4) is 0 Å².